The molecule has 1 aliphatic carbocycles. The third-order valence-corrected chi connectivity index (χ3v) is 4.21. The number of fused-ring (bicyclic) bond motifs is 1. The lowest BCUT2D eigenvalue weighted by Crippen LogP contribution is -2.47. The lowest BCUT2D eigenvalue weighted by atomic mass is 9.78. The summed E-state index contributed by atoms with van der Waals surface area (Å²) in [7, 11) is 2.00. The zero-order valence-electron chi connectivity index (χ0n) is 10.7. The Labute approximate surface area is 100 Å². The van der Waals surface area contributed by atoms with Crippen LogP contribution in [0.1, 0.15) is 38.5 Å². The highest BCUT2D eigenvalue weighted by Crippen LogP contribution is 2.35. The fourth-order valence-corrected chi connectivity index (χ4v) is 3.52. The number of nitrogens with zero attached hydrogens (tertiary/aromatic N) is 1. The third kappa shape index (κ3) is 2.86. The molecule has 92 valence electrons. The number of rotatable bonds is 4. The molecular formula is C14H26N2. The minimum atomic E-state index is 0.871. The number of nitrogens with one attached hydrogen (secondary N) is 1. The molecular weight excluding hydrogens is 196 g/mol. The van der Waals surface area contributed by atoms with E-state index in [4.69, 9.17) is 0 Å². The Bertz CT molecular complexity index is 235. The van der Waals surface area contributed by atoms with Crippen molar-refractivity contribution in [2.24, 2.45) is 5.92 Å². The number of likely N-dealkylation sites (N-methyl/N-ethyl adjacent to an activating group) is 1. The summed E-state index contributed by atoms with van der Waals surface area (Å²) in [6.45, 7) is 7.55. The summed E-state index contributed by atoms with van der Waals surface area (Å²) >= 11 is 0. The smallest absolute Gasteiger partial charge is 0.0205 e. The van der Waals surface area contributed by atoms with Gasteiger partial charge in [0.25, 0.3) is 0 Å². The topological polar surface area (TPSA) is 15.3 Å². The van der Waals surface area contributed by atoms with Crippen molar-refractivity contribution in [3.05, 3.63) is 12.2 Å². The van der Waals surface area contributed by atoms with Crippen LogP contribution in [0.15, 0.2) is 12.2 Å². The Hall–Kier alpha value is -0.340. The lowest BCUT2D eigenvalue weighted by molar-refractivity contribution is 0.0687. The number of hydrogen-bond donors (Lipinski definition) is 1. The standard InChI is InChI=1S/C14H26N2/c1-12(10-15-2)11-16-9-5-7-13-6-3-4-8-14(13)16/h13-15H,1,3-11H2,2H3. The molecule has 1 saturated carbocycles. The van der Waals surface area contributed by atoms with Crippen LogP contribution in [0.3, 0.4) is 0 Å². The van der Waals surface area contributed by atoms with Gasteiger partial charge in [-0.3, -0.25) is 4.90 Å². The Balaban J connectivity index is 1.89. The molecule has 1 heterocycles. The first-order valence-electron chi connectivity index (χ1n) is 6.86. The second kappa shape index (κ2) is 5.83. The quantitative estimate of drug-likeness (QED) is 0.735. The Morgan fingerprint density at radius 2 is 2.00 bits per heavy atom. The number of hydrogen-bond acceptors (Lipinski definition) is 2. The molecule has 0 aromatic rings. The zero-order valence-corrected chi connectivity index (χ0v) is 10.7. The summed E-state index contributed by atoms with van der Waals surface area (Å²) in [5.41, 5.74) is 1.34. The van der Waals surface area contributed by atoms with Crippen molar-refractivity contribution in [2.75, 3.05) is 26.7 Å². The normalized spacial score (nSPS) is 31.1. The molecule has 16 heavy (non-hydrogen) atoms. The van der Waals surface area contributed by atoms with Gasteiger partial charge in [-0.05, 0) is 50.8 Å². The molecule has 2 fully saturated rings. The summed E-state index contributed by atoms with van der Waals surface area (Å²) in [6, 6.07) is 0.871. The van der Waals surface area contributed by atoms with Crippen LogP contribution in [0.4, 0.5) is 0 Å². The van der Waals surface area contributed by atoms with Crippen molar-refractivity contribution in [1.29, 1.82) is 0 Å². The first-order valence-corrected chi connectivity index (χ1v) is 6.86. The monoisotopic (exact) mass is 222 g/mol. The summed E-state index contributed by atoms with van der Waals surface area (Å²) < 4.78 is 0. The van der Waals surface area contributed by atoms with E-state index in [1.54, 1.807) is 0 Å². The van der Waals surface area contributed by atoms with Crippen LogP contribution < -0.4 is 5.32 Å². The Morgan fingerprint density at radius 1 is 1.25 bits per heavy atom. The van der Waals surface area contributed by atoms with Crippen molar-refractivity contribution < 1.29 is 0 Å². The van der Waals surface area contributed by atoms with E-state index in [0.717, 1.165) is 25.0 Å². The summed E-state index contributed by atoms with van der Waals surface area (Å²) in [6.07, 6.45) is 8.67. The maximum Gasteiger partial charge on any atom is 0.0205 e. The molecule has 1 saturated heterocycles. The Kier molecular flexibility index (Phi) is 4.42. The van der Waals surface area contributed by atoms with Gasteiger partial charge < -0.3 is 5.32 Å². The van der Waals surface area contributed by atoms with Gasteiger partial charge in [0.05, 0.1) is 0 Å². The van der Waals surface area contributed by atoms with E-state index in [0.29, 0.717) is 0 Å². The van der Waals surface area contributed by atoms with Crippen molar-refractivity contribution in [3.8, 4) is 0 Å². The van der Waals surface area contributed by atoms with Gasteiger partial charge in [0.15, 0.2) is 0 Å². The summed E-state index contributed by atoms with van der Waals surface area (Å²) in [4.78, 5) is 2.70. The average molecular weight is 222 g/mol. The van der Waals surface area contributed by atoms with Crippen LogP contribution >= 0.6 is 0 Å². The van der Waals surface area contributed by atoms with E-state index in [-0.39, 0.29) is 0 Å². The molecule has 1 aliphatic heterocycles. The molecule has 2 rings (SSSR count). The van der Waals surface area contributed by atoms with Crippen molar-refractivity contribution in [3.63, 3.8) is 0 Å². The minimum Gasteiger partial charge on any atom is -0.316 e. The SMILES string of the molecule is C=C(CNC)CN1CCCC2CCCCC21. The summed E-state index contributed by atoms with van der Waals surface area (Å²) in [5, 5.41) is 3.20. The van der Waals surface area contributed by atoms with Crippen LogP contribution in [-0.4, -0.2) is 37.6 Å². The van der Waals surface area contributed by atoms with Gasteiger partial charge in [-0.1, -0.05) is 19.4 Å². The maximum absolute atomic E-state index is 4.17. The third-order valence-electron chi connectivity index (χ3n) is 4.21. The first kappa shape index (κ1) is 12.1. The van der Waals surface area contributed by atoms with E-state index in [2.05, 4.69) is 16.8 Å². The largest absolute Gasteiger partial charge is 0.316 e. The molecule has 0 radical (unpaired) electrons. The highest BCUT2D eigenvalue weighted by Gasteiger charge is 2.32. The van der Waals surface area contributed by atoms with E-state index in [1.165, 1.54) is 50.6 Å². The number of likely N-dealkylation sites (tertiary alicyclic amines) is 1. The van der Waals surface area contributed by atoms with E-state index in [9.17, 15) is 0 Å². The molecule has 2 aliphatic rings. The van der Waals surface area contributed by atoms with Crippen LogP contribution in [0.25, 0.3) is 0 Å². The average Bonchev–Trinajstić information content (AvgIpc) is 2.30. The molecule has 2 nitrogen and oxygen atoms in total. The van der Waals surface area contributed by atoms with E-state index >= 15 is 0 Å². The van der Waals surface area contributed by atoms with Gasteiger partial charge in [0.1, 0.15) is 0 Å². The minimum absolute atomic E-state index is 0.871. The highest BCUT2D eigenvalue weighted by molar-refractivity contribution is 5.02. The highest BCUT2D eigenvalue weighted by atomic mass is 15.2. The van der Waals surface area contributed by atoms with Crippen molar-refractivity contribution >= 4 is 0 Å². The van der Waals surface area contributed by atoms with Crippen molar-refractivity contribution in [2.45, 2.75) is 44.6 Å². The zero-order chi connectivity index (χ0) is 11.4. The van der Waals surface area contributed by atoms with Crippen LogP contribution in [-0.2, 0) is 0 Å². The predicted octanol–water partition coefficient (Wildman–Crippen LogP) is 2.42. The Morgan fingerprint density at radius 3 is 2.81 bits per heavy atom. The van der Waals surface area contributed by atoms with Gasteiger partial charge in [-0.2, -0.15) is 0 Å². The van der Waals surface area contributed by atoms with E-state index < -0.39 is 0 Å². The first-order chi connectivity index (χ1) is 7.81. The van der Waals surface area contributed by atoms with Gasteiger partial charge in [0.2, 0.25) is 0 Å². The van der Waals surface area contributed by atoms with Crippen molar-refractivity contribution in [1.82, 2.24) is 10.2 Å². The molecule has 0 aromatic carbocycles. The predicted molar refractivity (Wildman–Crippen MR) is 69.6 cm³/mol. The molecule has 0 spiro atoms. The van der Waals surface area contributed by atoms with Gasteiger partial charge in [-0.15, -0.1) is 0 Å². The van der Waals surface area contributed by atoms with Gasteiger partial charge in [0, 0.05) is 19.1 Å². The molecule has 2 atom stereocenters. The molecule has 0 aromatic heterocycles. The fourth-order valence-electron chi connectivity index (χ4n) is 3.52. The van der Waals surface area contributed by atoms with E-state index in [1.807, 2.05) is 7.05 Å². The fraction of sp³-hybridized carbons (Fsp3) is 0.857. The molecule has 0 amide bonds. The van der Waals surface area contributed by atoms with Crippen LogP contribution in [0, 0.1) is 5.92 Å². The number of piperidine rings is 1. The lowest BCUT2D eigenvalue weighted by Gasteiger charge is -2.44. The van der Waals surface area contributed by atoms with Crippen LogP contribution in [0.2, 0.25) is 0 Å². The molecule has 2 unspecified atom stereocenters. The molecule has 2 heteroatoms. The summed E-state index contributed by atoms with van der Waals surface area (Å²) in [5.74, 6) is 0.991. The maximum atomic E-state index is 4.17. The van der Waals surface area contributed by atoms with Gasteiger partial charge in [-0.25, -0.2) is 0 Å². The molecule has 0 bridgehead atoms. The molecule has 1 N–H and O–H groups in total. The second-order valence-electron chi connectivity index (χ2n) is 5.50. The second-order valence-corrected chi connectivity index (χ2v) is 5.50. The van der Waals surface area contributed by atoms with Gasteiger partial charge >= 0.3 is 0 Å². The van der Waals surface area contributed by atoms with Crippen LogP contribution in [0.5, 0.6) is 0 Å².